The van der Waals surface area contributed by atoms with Gasteiger partial charge in [-0.15, -0.1) is 0 Å². The van der Waals surface area contributed by atoms with Gasteiger partial charge in [0, 0.05) is 0 Å². The Kier molecular flexibility index (Phi) is 6.01. The van der Waals surface area contributed by atoms with Crippen LogP contribution in [-0.4, -0.2) is 62.0 Å². The Morgan fingerprint density at radius 2 is 1.60 bits per heavy atom. The maximum Gasteiger partial charge on any atom is 0.509 e. The summed E-state index contributed by atoms with van der Waals surface area (Å²) in [6, 6.07) is 0. The summed E-state index contributed by atoms with van der Waals surface area (Å²) < 4.78 is 45.8. The number of likely N-dealkylation sites (N-methyl/N-ethyl adjacent to an activating group) is 1. The fraction of sp³-hybridized carbons (Fsp3) is 0.833. The topological polar surface area (TPSA) is 52.6 Å². The third-order valence-electron chi connectivity index (χ3n) is 2.19. The van der Waals surface area contributed by atoms with E-state index in [9.17, 15) is 22.8 Å². The van der Waals surface area contributed by atoms with Crippen molar-refractivity contribution in [3.63, 3.8) is 0 Å². The molecule has 0 spiro atoms. The molecule has 0 aliphatic carbocycles. The fourth-order valence-corrected chi connectivity index (χ4v) is 1.21. The SMILES string of the molecule is CC(C)(C)OC(=O)OCC[N+](C)(C)CC(=O)C(F)(F)F. The van der Waals surface area contributed by atoms with Crippen molar-refractivity contribution in [2.75, 3.05) is 33.8 Å². The second-order valence-electron chi connectivity index (χ2n) is 6.05. The first-order chi connectivity index (χ1) is 8.73. The van der Waals surface area contributed by atoms with Gasteiger partial charge in [-0.25, -0.2) is 4.79 Å². The molecule has 0 rings (SSSR count). The van der Waals surface area contributed by atoms with Gasteiger partial charge >= 0.3 is 12.3 Å². The monoisotopic (exact) mass is 300 g/mol. The molecule has 0 saturated carbocycles. The van der Waals surface area contributed by atoms with E-state index in [0.717, 1.165) is 0 Å². The molecule has 0 fully saturated rings. The van der Waals surface area contributed by atoms with E-state index in [2.05, 4.69) is 0 Å². The maximum atomic E-state index is 12.2. The minimum Gasteiger partial charge on any atom is -0.429 e. The highest BCUT2D eigenvalue weighted by Crippen LogP contribution is 2.17. The fourth-order valence-electron chi connectivity index (χ4n) is 1.21. The number of halogens is 3. The number of ether oxygens (including phenoxy) is 2. The average Bonchev–Trinajstić information content (AvgIpc) is 2.11. The number of carbonyl (C=O) groups excluding carboxylic acids is 2. The maximum absolute atomic E-state index is 12.2. The molecule has 0 saturated heterocycles. The molecular weight excluding hydrogens is 279 g/mol. The Morgan fingerprint density at radius 3 is 2.00 bits per heavy atom. The second-order valence-corrected chi connectivity index (χ2v) is 6.05. The van der Waals surface area contributed by atoms with Crippen LogP contribution in [0.2, 0.25) is 0 Å². The molecule has 0 aromatic carbocycles. The third-order valence-corrected chi connectivity index (χ3v) is 2.19. The van der Waals surface area contributed by atoms with E-state index in [1.807, 2.05) is 0 Å². The van der Waals surface area contributed by atoms with Crippen LogP contribution in [0.1, 0.15) is 20.8 Å². The Hall–Kier alpha value is -1.31. The van der Waals surface area contributed by atoms with Gasteiger partial charge in [0.25, 0.3) is 5.78 Å². The molecule has 5 nitrogen and oxygen atoms in total. The van der Waals surface area contributed by atoms with E-state index in [1.165, 1.54) is 14.1 Å². The van der Waals surface area contributed by atoms with Crippen LogP contribution in [0.4, 0.5) is 18.0 Å². The number of Topliss-reactive ketones (excluding diaryl/α,β-unsaturated/α-hetero) is 1. The number of hydrogen-bond donors (Lipinski definition) is 0. The van der Waals surface area contributed by atoms with Crippen LogP contribution in [0.25, 0.3) is 0 Å². The van der Waals surface area contributed by atoms with Gasteiger partial charge in [-0.2, -0.15) is 13.2 Å². The van der Waals surface area contributed by atoms with Gasteiger partial charge in [0.15, 0.2) is 0 Å². The predicted molar refractivity (Wildman–Crippen MR) is 65.1 cm³/mol. The number of carbonyl (C=O) groups is 2. The number of ketones is 1. The summed E-state index contributed by atoms with van der Waals surface area (Å²) in [6.07, 6.45) is -5.73. The normalized spacial score (nSPS) is 13.0. The van der Waals surface area contributed by atoms with Crippen LogP contribution in [0.3, 0.4) is 0 Å². The molecule has 0 aromatic rings. The lowest BCUT2D eigenvalue weighted by molar-refractivity contribution is -0.882. The number of nitrogens with zero attached hydrogens (tertiary/aromatic N) is 1. The average molecular weight is 300 g/mol. The Morgan fingerprint density at radius 1 is 1.10 bits per heavy atom. The van der Waals surface area contributed by atoms with E-state index in [1.54, 1.807) is 20.8 Å². The molecule has 0 heterocycles. The van der Waals surface area contributed by atoms with Gasteiger partial charge in [0.1, 0.15) is 25.3 Å². The molecule has 0 N–H and O–H groups in total. The van der Waals surface area contributed by atoms with Gasteiger partial charge in [-0.1, -0.05) is 0 Å². The quantitative estimate of drug-likeness (QED) is 0.576. The molecule has 0 radical (unpaired) electrons. The zero-order valence-corrected chi connectivity index (χ0v) is 12.3. The highest BCUT2D eigenvalue weighted by Gasteiger charge is 2.42. The number of rotatable bonds is 5. The summed E-state index contributed by atoms with van der Waals surface area (Å²) in [5.74, 6) is -1.81. The number of alkyl halides is 3. The van der Waals surface area contributed by atoms with Gasteiger partial charge in [-0.3, -0.25) is 4.79 Å². The first-order valence-electron chi connectivity index (χ1n) is 6.01. The molecule has 8 heteroatoms. The lowest BCUT2D eigenvalue weighted by atomic mass is 10.2. The molecule has 0 aliphatic heterocycles. The molecule has 0 aromatic heterocycles. The summed E-state index contributed by atoms with van der Waals surface area (Å²) in [6.45, 7) is 4.22. The molecule has 0 aliphatic rings. The summed E-state index contributed by atoms with van der Waals surface area (Å²) in [5.41, 5.74) is -0.701. The zero-order valence-electron chi connectivity index (χ0n) is 12.3. The zero-order chi connectivity index (χ0) is 16.2. The Balaban J connectivity index is 4.18. The van der Waals surface area contributed by atoms with Crippen molar-refractivity contribution in [2.45, 2.75) is 32.5 Å². The Labute approximate surface area is 116 Å². The van der Waals surface area contributed by atoms with Gasteiger partial charge < -0.3 is 14.0 Å². The molecule has 118 valence electrons. The van der Waals surface area contributed by atoms with E-state index >= 15 is 0 Å². The largest absolute Gasteiger partial charge is 0.509 e. The molecule has 20 heavy (non-hydrogen) atoms. The van der Waals surface area contributed by atoms with Crippen molar-refractivity contribution in [3.8, 4) is 0 Å². The van der Waals surface area contributed by atoms with Crippen molar-refractivity contribution in [2.24, 2.45) is 0 Å². The minimum absolute atomic E-state index is 0.0705. The lowest BCUT2D eigenvalue weighted by Crippen LogP contribution is -2.49. The van der Waals surface area contributed by atoms with Gasteiger partial charge in [0.05, 0.1) is 14.1 Å². The first kappa shape index (κ1) is 18.7. The molecule has 0 bridgehead atoms. The van der Waals surface area contributed by atoms with E-state index in [-0.39, 0.29) is 17.6 Å². The highest BCUT2D eigenvalue weighted by atomic mass is 19.4. The minimum atomic E-state index is -4.85. The van der Waals surface area contributed by atoms with E-state index in [0.29, 0.717) is 0 Å². The van der Waals surface area contributed by atoms with Crippen molar-refractivity contribution in [3.05, 3.63) is 0 Å². The van der Waals surface area contributed by atoms with Crippen molar-refractivity contribution in [1.82, 2.24) is 0 Å². The molecular formula is C12H21F3NO4+. The summed E-state index contributed by atoms with van der Waals surface area (Å²) >= 11 is 0. The van der Waals surface area contributed by atoms with Gasteiger partial charge in [0.2, 0.25) is 0 Å². The van der Waals surface area contributed by atoms with Crippen molar-refractivity contribution in [1.29, 1.82) is 0 Å². The predicted octanol–water partition coefficient (Wildman–Crippen LogP) is 2.15. The van der Waals surface area contributed by atoms with Crippen LogP contribution in [-0.2, 0) is 14.3 Å². The van der Waals surface area contributed by atoms with Crippen LogP contribution in [0, 0.1) is 0 Å². The number of hydrogen-bond acceptors (Lipinski definition) is 4. The lowest BCUT2D eigenvalue weighted by Gasteiger charge is -2.29. The van der Waals surface area contributed by atoms with E-state index < -0.39 is 30.3 Å². The van der Waals surface area contributed by atoms with Crippen molar-refractivity contribution < 1.29 is 36.7 Å². The molecule has 0 unspecified atom stereocenters. The standard InChI is InChI=1S/C12H21F3NO4/c1-11(2,3)20-10(18)19-7-6-16(4,5)8-9(17)12(13,14)15/h6-8H2,1-5H3/q+1. The van der Waals surface area contributed by atoms with Crippen LogP contribution >= 0.6 is 0 Å². The number of quaternary nitrogens is 1. The molecule has 0 amide bonds. The third kappa shape index (κ3) is 8.73. The smallest absolute Gasteiger partial charge is 0.429 e. The first-order valence-corrected chi connectivity index (χ1v) is 6.01. The van der Waals surface area contributed by atoms with Crippen LogP contribution < -0.4 is 0 Å². The summed E-state index contributed by atoms with van der Waals surface area (Å²) in [4.78, 5) is 22.1. The van der Waals surface area contributed by atoms with Gasteiger partial charge in [-0.05, 0) is 20.8 Å². The summed E-state index contributed by atoms with van der Waals surface area (Å²) in [5, 5.41) is 0. The van der Waals surface area contributed by atoms with E-state index in [4.69, 9.17) is 9.47 Å². The van der Waals surface area contributed by atoms with Crippen LogP contribution in [0.5, 0.6) is 0 Å². The highest BCUT2D eigenvalue weighted by molar-refractivity contribution is 5.85. The Bertz CT molecular complexity index is 359. The summed E-state index contributed by atoms with van der Waals surface area (Å²) in [7, 11) is 2.89. The van der Waals surface area contributed by atoms with Crippen molar-refractivity contribution >= 4 is 11.9 Å². The second kappa shape index (κ2) is 6.43. The van der Waals surface area contributed by atoms with Crippen LogP contribution in [0.15, 0.2) is 0 Å². The molecule has 0 atom stereocenters.